The average Bonchev–Trinajstić information content (AvgIpc) is 3.03. The zero-order chi connectivity index (χ0) is 21.3. The molecule has 0 aliphatic carbocycles. The van der Waals surface area contributed by atoms with Crippen LogP contribution in [0.5, 0.6) is 5.75 Å². The monoisotopic (exact) mass is 430 g/mol. The van der Waals surface area contributed by atoms with Crippen molar-refractivity contribution in [3.8, 4) is 5.75 Å². The number of hydrogen-bond donors (Lipinski definition) is 2. The lowest BCUT2D eigenvalue weighted by molar-refractivity contribution is -0.173. The Labute approximate surface area is 171 Å². The van der Waals surface area contributed by atoms with Gasteiger partial charge in [-0.1, -0.05) is 30.7 Å². The third-order valence-corrected chi connectivity index (χ3v) is 5.38. The largest absolute Gasteiger partial charge is 0.497 e. The van der Waals surface area contributed by atoms with E-state index in [0.29, 0.717) is 17.7 Å². The van der Waals surface area contributed by atoms with Crippen molar-refractivity contribution in [3.63, 3.8) is 0 Å². The number of alkyl halides is 3. The van der Waals surface area contributed by atoms with Crippen LogP contribution in [-0.4, -0.2) is 35.0 Å². The standard InChI is InChI=1S/C19H22ClF3N4O2/c1-4-10(2)24-18(28)16-15(20)17-25-13(11-5-7-12(29-3)8-6-11)9-14(19(21,22)23)27(17)26-16/h5-8,10,13-14,25H,4,9H2,1-3H3,(H,24,28)/t10-,13-,14-/m0/s1. The van der Waals surface area contributed by atoms with Gasteiger partial charge in [0, 0.05) is 12.5 Å². The minimum atomic E-state index is -4.55. The zero-order valence-corrected chi connectivity index (χ0v) is 16.9. The normalized spacial score (nSPS) is 19.8. The summed E-state index contributed by atoms with van der Waals surface area (Å²) >= 11 is 6.29. The van der Waals surface area contributed by atoms with Crippen molar-refractivity contribution < 1.29 is 22.7 Å². The molecule has 0 unspecified atom stereocenters. The molecule has 2 N–H and O–H groups in total. The smallest absolute Gasteiger partial charge is 0.410 e. The predicted octanol–water partition coefficient (Wildman–Crippen LogP) is 4.73. The van der Waals surface area contributed by atoms with Crippen molar-refractivity contribution in [2.75, 3.05) is 12.4 Å². The molecule has 3 atom stereocenters. The number of hydrogen-bond acceptors (Lipinski definition) is 4. The number of rotatable bonds is 5. The summed E-state index contributed by atoms with van der Waals surface area (Å²) in [5.74, 6) is -0.0191. The molecule has 158 valence electrons. The maximum absolute atomic E-state index is 13.8. The van der Waals surface area contributed by atoms with Crippen molar-refractivity contribution in [1.29, 1.82) is 0 Å². The molecule has 0 saturated carbocycles. The number of amides is 1. The van der Waals surface area contributed by atoms with E-state index in [9.17, 15) is 18.0 Å². The number of benzene rings is 1. The van der Waals surface area contributed by atoms with Gasteiger partial charge in [0.1, 0.15) is 16.6 Å². The van der Waals surface area contributed by atoms with Gasteiger partial charge in [0.15, 0.2) is 11.7 Å². The summed E-state index contributed by atoms with van der Waals surface area (Å²) in [6.07, 6.45) is -4.17. The minimum absolute atomic E-state index is 0.0182. The van der Waals surface area contributed by atoms with Crippen LogP contribution >= 0.6 is 11.6 Å². The van der Waals surface area contributed by atoms with Gasteiger partial charge >= 0.3 is 6.18 Å². The van der Waals surface area contributed by atoms with Crippen molar-refractivity contribution in [2.24, 2.45) is 0 Å². The molecule has 1 aromatic heterocycles. The Morgan fingerprint density at radius 1 is 1.41 bits per heavy atom. The quantitative estimate of drug-likeness (QED) is 0.719. The number of fused-ring (bicyclic) bond motifs is 1. The maximum atomic E-state index is 13.8. The molecule has 2 heterocycles. The second kappa shape index (κ2) is 8.14. The van der Waals surface area contributed by atoms with Crippen molar-refractivity contribution in [2.45, 2.75) is 51.0 Å². The molecule has 0 radical (unpaired) electrons. The minimum Gasteiger partial charge on any atom is -0.497 e. The molecule has 1 aliphatic rings. The molecule has 3 rings (SSSR count). The highest BCUT2D eigenvalue weighted by Crippen LogP contribution is 2.46. The molecule has 2 aromatic rings. The van der Waals surface area contributed by atoms with Gasteiger partial charge in [-0.15, -0.1) is 0 Å². The SMILES string of the molecule is CC[C@H](C)NC(=O)c1nn2c(c1Cl)N[C@H](c1ccc(OC)cc1)C[C@H]2C(F)(F)F. The van der Waals surface area contributed by atoms with E-state index in [-0.39, 0.29) is 29.0 Å². The lowest BCUT2D eigenvalue weighted by Crippen LogP contribution is -2.36. The Kier molecular flexibility index (Phi) is 5.97. The number of nitrogens with zero attached hydrogens (tertiary/aromatic N) is 2. The van der Waals surface area contributed by atoms with Crippen LogP contribution in [-0.2, 0) is 0 Å². The average molecular weight is 431 g/mol. The van der Waals surface area contributed by atoms with Crippen LogP contribution in [0.15, 0.2) is 24.3 Å². The summed E-state index contributed by atoms with van der Waals surface area (Å²) in [5.41, 5.74) is 0.424. The fraction of sp³-hybridized carbons (Fsp3) is 0.474. The summed E-state index contributed by atoms with van der Waals surface area (Å²) < 4.78 is 47.2. The van der Waals surface area contributed by atoms with E-state index in [0.717, 1.165) is 4.68 Å². The lowest BCUT2D eigenvalue weighted by atomic mass is 9.97. The highest BCUT2D eigenvalue weighted by atomic mass is 35.5. The van der Waals surface area contributed by atoms with Crippen molar-refractivity contribution >= 4 is 23.3 Å². The number of nitrogens with one attached hydrogen (secondary N) is 2. The molecule has 1 aliphatic heterocycles. The van der Waals surface area contributed by atoms with E-state index in [4.69, 9.17) is 16.3 Å². The van der Waals surface area contributed by atoms with Crippen LogP contribution in [0.4, 0.5) is 19.0 Å². The van der Waals surface area contributed by atoms with Crippen LogP contribution in [0, 0.1) is 0 Å². The van der Waals surface area contributed by atoms with Gasteiger partial charge in [0.05, 0.1) is 13.2 Å². The molecule has 0 spiro atoms. The van der Waals surface area contributed by atoms with E-state index >= 15 is 0 Å². The van der Waals surface area contributed by atoms with E-state index in [1.54, 1.807) is 31.2 Å². The second-order valence-electron chi connectivity index (χ2n) is 7.00. The highest BCUT2D eigenvalue weighted by molar-refractivity contribution is 6.36. The van der Waals surface area contributed by atoms with E-state index < -0.39 is 24.2 Å². The first-order valence-corrected chi connectivity index (χ1v) is 9.59. The van der Waals surface area contributed by atoms with Crippen LogP contribution in [0.3, 0.4) is 0 Å². The van der Waals surface area contributed by atoms with Gasteiger partial charge in [-0.25, -0.2) is 4.68 Å². The topological polar surface area (TPSA) is 68.2 Å². The van der Waals surface area contributed by atoms with Gasteiger partial charge < -0.3 is 15.4 Å². The third-order valence-electron chi connectivity index (χ3n) is 5.02. The Balaban J connectivity index is 1.99. The van der Waals surface area contributed by atoms with Gasteiger partial charge in [-0.2, -0.15) is 18.3 Å². The van der Waals surface area contributed by atoms with E-state index in [2.05, 4.69) is 15.7 Å². The molecule has 0 bridgehead atoms. The van der Waals surface area contributed by atoms with Crippen molar-refractivity contribution in [3.05, 3.63) is 40.5 Å². The van der Waals surface area contributed by atoms with Crippen LogP contribution in [0.2, 0.25) is 5.02 Å². The first kappa shape index (κ1) is 21.3. The predicted molar refractivity (Wildman–Crippen MR) is 104 cm³/mol. The number of methoxy groups -OCH3 is 1. The lowest BCUT2D eigenvalue weighted by Gasteiger charge is -2.33. The third kappa shape index (κ3) is 4.29. The zero-order valence-electron chi connectivity index (χ0n) is 16.2. The number of carbonyl (C=O) groups excluding carboxylic acids is 1. The number of aromatic nitrogens is 2. The Morgan fingerprint density at radius 3 is 2.62 bits per heavy atom. The Hall–Kier alpha value is -2.42. The van der Waals surface area contributed by atoms with Crippen LogP contribution < -0.4 is 15.4 Å². The van der Waals surface area contributed by atoms with E-state index in [1.807, 2.05) is 6.92 Å². The molecule has 10 heteroatoms. The number of carbonyl (C=O) groups is 1. The molecule has 0 saturated heterocycles. The molecular weight excluding hydrogens is 409 g/mol. The highest BCUT2D eigenvalue weighted by Gasteiger charge is 2.47. The maximum Gasteiger partial charge on any atom is 0.410 e. The van der Waals surface area contributed by atoms with Crippen LogP contribution in [0.25, 0.3) is 0 Å². The molecule has 0 fully saturated rings. The molecule has 6 nitrogen and oxygen atoms in total. The van der Waals surface area contributed by atoms with Gasteiger partial charge in [-0.05, 0) is 31.0 Å². The van der Waals surface area contributed by atoms with Gasteiger partial charge in [0.2, 0.25) is 0 Å². The molecule has 1 amide bonds. The fourth-order valence-electron chi connectivity index (χ4n) is 3.18. The van der Waals surface area contributed by atoms with Crippen molar-refractivity contribution in [1.82, 2.24) is 15.1 Å². The fourth-order valence-corrected chi connectivity index (χ4v) is 3.45. The second-order valence-corrected chi connectivity index (χ2v) is 7.38. The first-order valence-electron chi connectivity index (χ1n) is 9.21. The Bertz CT molecular complexity index is 883. The molecule has 1 aromatic carbocycles. The summed E-state index contributed by atoms with van der Waals surface area (Å²) in [6, 6.07) is 4.03. The molecular formula is C19H22ClF3N4O2. The summed E-state index contributed by atoms with van der Waals surface area (Å²) in [7, 11) is 1.51. The van der Waals surface area contributed by atoms with Gasteiger partial charge in [0.25, 0.3) is 5.91 Å². The van der Waals surface area contributed by atoms with Crippen LogP contribution in [0.1, 0.15) is 54.8 Å². The van der Waals surface area contributed by atoms with Gasteiger partial charge in [-0.3, -0.25) is 4.79 Å². The Morgan fingerprint density at radius 2 is 2.07 bits per heavy atom. The number of anilines is 1. The summed E-state index contributed by atoms with van der Waals surface area (Å²) in [6.45, 7) is 3.67. The first-order chi connectivity index (χ1) is 13.7. The van der Waals surface area contributed by atoms with E-state index in [1.165, 1.54) is 7.11 Å². The number of ether oxygens (including phenoxy) is 1. The summed E-state index contributed by atoms with van der Waals surface area (Å²) in [5, 5.41) is 9.48. The molecule has 29 heavy (non-hydrogen) atoms. The number of halogens is 4. The summed E-state index contributed by atoms with van der Waals surface area (Å²) in [4.78, 5) is 12.4.